The van der Waals surface area contributed by atoms with Crippen molar-refractivity contribution in [3.63, 3.8) is 0 Å². The van der Waals surface area contributed by atoms with Crippen molar-refractivity contribution in [3.8, 4) is 17.2 Å². The van der Waals surface area contributed by atoms with E-state index in [0.29, 0.717) is 33.9 Å². The number of thiazole rings is 1. The van der Waals surface area contributed by atoms with Crippen LogP contribution in [0, 0.1) is 0 Å². The molecule has 0 unspecified atom stereocenters. The van der Waals surface area contributed by atoms with E-state index in [1.165, 1.54) is 25.6 Å². The highest BCUT2D eigenvalue weighted by atomic mass is 35.5. The number of carbonyl (C=O) groups is 1. The smallest absolute Gasteiger partial charge is 0.325 e. The van der Waals surface area contributed by atoms with Gasteiger partial charge in [0.25, 0.3) is 0 Å². The first-order valence-electron chi connectivity index (χ1n) is 8.07. The molecular formula is C18H18ClN3O4S. The third-order valence-electron chi connectivity index (χ3n) is 3.61. The van der Waals surface area contributed by atoms with Crippen LogP contribution in [0.15, 0.2) is 30.3 Å². The second kappa shape index (κ2) is 8.32. The maximum atomic E-state index is 12.4. The van der Waals surface area contributed by atoms with Crippen molar-refractivity contribution in [2.45, 2.75) is 6.92 Å². The molecule has 3 aromatic rings. The van der Waals surface area contributed by atoms with Gasteiger partial charge in [-0.1, -0.05) is 22.9 Å². The van der Waals surface area contributed by atoms with E-state index < -0.39 is 6.03 Å². The van der Waals surface area contributed by atoms with Crippen LogP contribution in [0.25, 0.3) is 10.2 Å². The Kier molecular flexibility index (Phi) is 5.88. The number of aromatic nitrogens is 1. The number of fused-ring (bicyclic) bond motifs is 1. The molecule has 9 heteroatoms. The molecule has 2 amide bonds. The number of benzene rings is 2. The summed E-state index contributed by atoms with van der Waals surface area (Å²) >= 11 is 7.48. The van der Waals surface area contributed by atoms with E-state index in [-0.39, 0.29) is 0 Å². The molecule has 2 N–H and O–H groups in total. The predicted molar refractivity (Wildman–Crippen MR) is 108 cm³/mol. The van der Waals surface area contributed by atoms with Gasteiger partial charge in [-0.3, -0.25) is 5.32 Å². The molecule has 2 aromatic carbocycles. The molecule has 0 atom stereocenters. The van der Waals surface area contributed by atoms with Crippen molar-refractivity contribution in [1.29, 1.82) is 0 Å². The summed E-state index contributed by atoms with van der Waals surface area (Å²) in [6, 6.07) is 8.30. The van der Waals surface area contributed by atoms with Gasteiger partial charge >= 0.3 is 6.03 Å². The number of nitrogens with one attached hydrogen (secondary N) is 2. The Morgan fingerprint density at radius 2 is 1.93 bits per heavy atom. The number of urea groups is 1. The lowest BCUT2D eigenvalue weighted by molar-refractivity contribution is 0.262. The number of methoxy groups -OCH3 is 2. The van der Waals surface area contributed by atoms with Gasteiger partial charge in [-0.15, -0.1) is 0 Å². The Bertz CT molecular complexity index is 977. The van der Waals surface area contributed by atoms with Gasteiger partial charge in [0.15, 0.2) is 5.13 Å². The standard InChI is InChI=1S/C18H18ClN3O4S/c1-4-26-10-5-6-12-16(7-10)27-18(21-12)22-17(23)20-13-8-11(19)14(24-2)9-15(13)25-3/h5-9H,4H2,1-3H3,(H2,20,21,22,23). The van der Waals surface area contributed by atoms with E-state index in [1.54, 1.807) is 12.1 Å². The summed E-state index contributed by atoms with van der Waals surface area (Å²) < 4.78 is 16.8. The van der Waals surface area contributed by atoms with E-state index in [0.717, 1.165) is 16.0 Å². The van der Waals surface area contributed by atoms with E-state index in [9.17, 15) is 4.79 Å². The minimum Gasteiger partial charge on any atom is -0.495 e. The number of halogens is 1. The highest BCUT2D eigenvalue weighted by molar-refractivity contribution is 7.22. The third kappa shape index (κ3) is 4.35. The Balaban J connectivity index is 1.76. The lowest BCUT2D eigenvalue weighted by atomic mass is 10.2. The van der Waals surface area contributed by atoms with Crippen LogP contribution in [0.2, 0.25) is 5.02 Å². The molecule has 0 aliphatic carbocycles. The van der Waals surface area contributed by atoms with Crippen LogP contribution in [0.3, 0.4) is 0 Å². The van der Waals surface area contributed by atoms with E-state index >= 15 is 0 Å². The van der Waals surface area contributed by atoms with E-state index in [1.807, 2.05) is 25.1 Å². The number of hydrogen-bond acceptors (Lipinski definition) is 6. The first kappa shape index (κ1) is 19.1. The molecule has 1 aromatic heterocycles. The van der Waals surface area contributed by atoms with Crippen molar-refractivity contribution < 1.29 is 19.0 Å². The summed E-state index contributed by atoms with van der Waals surface area (Å²) in [5.41, 5.74) is 1.20. The predicted octanol–water partition coefficient (Wildman–Crippen LogP) is 5.01. The maximum Gasteiger partial charge on any atom is 0.325 e. The van der Waals surface area contributed by atoms with Crippen LogP contribution >= 0.6 is 22.9 Å². The van der Waals surface area contributed by atoms with Crippen molar-refractivity contribution in [2.75, 3.05) is 31.5 Å². The number of carbonyl (C=O) groups excluding carboxylic acids is 1. The molecule has 3 rings (SSSR count). The summed E-state index contributed by atoms with van der Waals surface area (Å²) in [4.78, 5) is 16.7. The zero-order valence-electron chi connectivity index (χ0n) is 15.0. The van der Waals surface area contributed by atoms with Gasteiger partial charge in [-0.25, -0.2) is 9.78 Å². The van der Waals surface area contributed by atoms with Crippen LogP contribution < -0.4 is 24.8 Å². The number of amides is 2. The lowest BCUT2D eigenvalue weighted by Crippen LogP contribution is -2.19. The number of hydrogen-bond donors (Lipinski definition) is 2. The SMILES string of the molecule is CCOc1ccc2nc(NC(=O)Nc3cc(Cl)c(OC)cc3OC)sc2c1. The molecule has 0 spiro atoms. The fraction of sp³-hybridized carbons (Fsp3) is 0.222. The lowest BCUT2D eigenvalue weighted by Gasteiger charge is -2.13. The van der Waals surface area contributed by atoms with Crippen LogP contribution in [0.1, 0.15) is 6.92 Å². The Morgan fingerprint density at radius 1 is 1.15 bits per heavy atom. The molecule has 0 saturated carbocycles. The topological polar surface area (TPSA) is 81.7 Å². The number of ether oxygens (including phenoxy) is 3. The molecule has 0 aliphatic heterocycles. The second-order valence-electron chi connectivity index (χ2n) is 5.35. The zero-order valence-corrected chi connectivity index (χ0v) is 16.5. The molecule has 0 aliphatic rings. The van der Waals surface area contributed by atoms with Gasteiger partial charge < -0.3 is 19.5 Å². The Hall–Kier alpha value is -2.71. The van der Waals surface area contributed by atoms with Gasteiger partial charge in [-0.2, -0.15) is 0 Å². The third-order valence-corrected chi connectivity index (χ3v) is 4.84. The van der Waals surface area contributed by atoms with Crippen LogP contribution in [-0.2, 0) is 0 Å². The molecule has 0 saturated heterocycles. The monoisotopic (exact) mass is 407 g/mol. The Morgan fingerprint density at radius 3 is 2.63 bits per heavy atom. The summed E-state index contributed by atoms with van der Waals surface area (Å²) in [7, 11) is 3.00. The summed E-state index contributed by atoms with van der Waals surface area (Å²) in [6.45, 7) is 2.51. The molecule has 27 heavy (non-hydrogen) atoms. The molecule has 142 valence electrons. The number of nitrogens with zero attached hydrogens (tertiary/aromatic N) is 1. The van der Waals surface area contributed by atoms with E-state index in [4.69, 9.17) is 25.8 Å². The molecule has 0 fully saturated rings. The van der Waals surface area contributed by atoms with Gasteiger partial charge in [0.2, 0.25) is 0 Å². The van der Waals surface area contributed by atoms with Gasteiger partial charge in [0, 0.05) is 6.07 Å². The van der Waals surface area contributed by atoms with Gasteiger partial charge in [0.1, 0.15) is 17.2 Å². The van der Waals surface area contributed by atoms with Crippen LogP contribution in [0.4, 0.5) is 15.6 Å². The average Bonchev–Trinajstić information content (AvgIpc) is 3.03. The van der Waals surface area contributed by atoms with Crippen molar-refractivity contribution in [3.05, 3.63) is 35.4 Å². The van der Waals surface area contributed by atoms with Crippen LogP contribution in [0.5, 0.6) is 17.2 Å². The highest BCUT2D eigenvalue weighted by Crippen LogP contribution is 2.36. The van der Waals surface area contributed by atoms with Gasteiger partial charge in [0.05, 0.1) is 41.8 Å². The summed E-state index contributed by atoms with van der Waals surface area (Å²) in [5.74, 6) is 1.65. The van der Waals surface area contributed by atoms with Crippen molar-refractivity contribution in [1.82, 2.24) is 4.98 Å². The summed E-state index contributed by atoms with van der Waals surface area (Å²) in [6.07, 6.45) is 0. The summed E-state index contributed by atoms with van der Waals surface area (Å²) in [5, 5.41) is 6.25. The highest BCUT2D eigenvalue weighted by Gasteiger charge is 2.14. The normalized spacial score (nSPS) is 10.5. The number of rotatable bonds is 6. The fourth-order valence-corrected chi connectivity index (χ4v) is 3.55. The average molecular weight is 408 g/mol. The molecule has 0 radical (unpaired) electrons. The Labute approximate surface area is 165 Å². The zero-order chi connectivity index (χ0) is 19.4. The molecular weight excluding hydrogens is 390 g/mol. The first-order chi connectivity index (χ1) is 13.0. The quantitative estimate of drug-likeness (QED) is 0.600. The largest absolute Gasteiger partial charge is 0.495 e. The minimum absolute atomic E-state index is 0.358. The fourth-order valence-electron chi connectivity index (χ4n) is 2.42. The van der Waals surface area contributed by atoms with Crippen molar-refractivity contribution >= 4 is 50.0 Å². The molecule has 1 heterocycles. The van der Waals surface area contributed by atoms with Crippen molar-refractivity contribution in [2.24, 2.45) is 0 Å². The van der Waals surface area contributed by atoms with Crippen LogP contribution in [-0.4, -0.2) is 31.8 Å². The van der Waals surface area contributed by atoms with Gasteiger partial charge in [-0.05, 0) is 31.2 Å². The molecule has 7 nitrogen and oxygen atoms in total. The maximum absolute atomic E-state index is 12.4. The number of anilines is 2. The molecule has 0 bridgehead atoms. The van der Waals surface area contributed by atoms with E-state index in [2.05, 4.69) is 15.6 Å². The minimum atomic E-state index is -0.460. The first-order valence-corrected chi connectivity index (χ1v) is 9.26. The second-order valence-corrected chi connectivity index (χ2v) is 6.79.